The molecule has 0 atom stereocenters. The van der Waals surface area contributed by atoms with E-state index in [0.717, 1.165) is 30.8 Å². The summed E-state index contributed by atoms with van der Waals surface area (Å²) in [5.74, 6) is -0.161. The third-order valence-electron chi connectivity index (χ3n) is 4.45. The van der Waals surface area contributed by atoms with Crippen LogP contribution in [0.25, 0.3) is 5.65 Å². The van der Waals surface area contributed by atoms with Crippen LogP contribution in [-0.2, 0) is 13.1 Å². The second kappa shape index (κ2) is 8.79. The molecule has 0 radical (unpaired) electrons. The van der Waals surface area contributed by atoms with E-state index >= 15 is 0 Å². The maximum atomic E-state index is 12.3. The predicted octanol–water partition coefficient (Wildman–Crippen LogP) is 2.26. The molecule has 0 saturated carbocycles. The molecular weight excluding hydrogens is 338 g/mol. The number of rotatable bonds is 8. The SMILES string of the molecule is CN(C)CCN(C)Cc1ccc(CNC(=O)c2cn3ccccc3n2)cc1. The van der Waals surface area contributed by atoms with Crippen LogP contribution in [0.15, 0.2) is 54.9 Å². The summed E-state index contributed by atoms with van der Waals surface area (Å²) in [6.07, 6.45) is 3.63. The number of aromatic nitrogens is 2. The number of pyridine rings is 1. The van der Waals surface area contributed by atoms with E-state index in [1.165, 1.54) is 5.56 Å². The highest BCUT2D eigenvalue weighted by Gasteiger charge is 2.10. The lowest BCUT2D eigenvalue weighted by Gasteiger charge is -2.19. The van der Waals surface area contributed by atoms with Crippen molar-refractivity contribution in [2.75, 3.05) is 34.2 Å². The van der Waals surface area contributed by atoms with Crippen LogP contribution in [0.3, 0.4) is 0 Å². The van der Waals surface area contributed by atoms with E-state index in [4.69, 9.17) is 0 Å². The van der Waals surface area contributed by atoms with Gasteiger partial charge in [0.15, 0.2) is 0 Å². The Morgan fingerprint density at radius 2 is 1.78 bits per heavy atom. The molecule has 0 bridgehead atoms. The fourth-order valence-electron chi connectivity index (χ4n) is 2.84. The van der Waals surface area contributed by atoms with Gasteiger partial charge >= 0.3 is 0 Å². The third-order valence-corrected chi connectivity index (χ3v) is 4.45. The van der Waals surface area contributed by atoms with Gasteiger partial charge in [0.1, 0.15) is 11.3 Å². The predicted molar refractivity (Wildman–Crippen MR) is 108 cm³/mol. The fourth-order valence-corrected chi connectivity index (χ4v) is 2.84. The molecule has 1 amide bonds. The zero-order chi connectivity index (χ0) is 19.2. The van der Waals surface area contributed by atoms with Gasteiger partial charge in [-0.1, -0.05) is 30.3 Å². The quantitative estimate of drug-likeness (QED) is 0.665. The van der Waals surface area contributed by atoms with Gasteiger partial charge in [0.25, 0.3) is 5.91 Å². The second-order valence-electron chi connectivity index (χ2n) is 7.13. The molecule has 6 nitrogen and oxygen atoms in total. The number of benzene rings is 1. The summed E-state index contributed by atoms with van der Waals surface area (Å²) in [6, 6.07) is 14.1. The molecule has 27 heavy (non-hydrogen) atoms. The van der Waals surface area contributed by atoms with Crippen molar-refractivity contribution in [1.82, 2.24) is 24.5 Å². The Labute approximate surface area is 160 Å². The lowest BCUT2D eigenvalue weighted by atomic mass is 10.1. The number of likely N-dealkylation sites (N-methyl/N-ethyl adjacent to an activating group) is 2. The molecule has 3 rings (SSSR count). The monoisotopic (exact) mass is 365 g/mol. The van der Waals surface area contributed by atoms with E-state index in [-0.39, 0.29) is 5.91 Å². The summed E-state index contributed by atoms with van der Waals surface area (Å²) < 4.78 is 1.84. The van der Waals surface area contributed by atoms with E-state index in [1.54, 1.807) is 6.20 Å². The Bertz CT molecular complexity index is 852. The summed E-state index contributed by atoms with van der Waals surface area (Å²) in [5.41, 5.74) is 3.55. The van der Waals surface area contributed by atoms with Crippen LogP contribution in [0.2, 0.25) is 0 Å². The Morgan fingerprint density at radius 3 is 2.48 bits per heavy atom. The minimum atomic E-state index is -0.161. The summed E-state index contributed by atoms with van der Waals surface area (Å²) >= 11 is 0. The standard InChI is InChI=1S/C21H27N5O/c1-24(2)12-13-25(3)15-18-9-7-17(8-10-18)14-22-21(27)19-16-26-11-5-4-6-20(26)23-19/h4-11,16H,12-15H2,1-3H3,(H,22,27). The van der Waals surface area contributed by atoms with Crippen molar-refractivity contribution in [3.05, 3.63) is 71.7 Å². The third kappa shape index (κ3) is 5.39. The zero-order valence-electron chi connectivity index (χ0n) is 16.2. The molecule has 142 valence electrons. The van der Waals surface area contributed by atoms with Crippen LogP contribution in [0.4, 0.5) is 0 Å². The highest BCUT2D eigenvalue weighted by Crippen LogP contribution is 2.08. The van der Waals surface area contributed by atoms with Gasteiger partial charge in [-0.3, -0.25) is 4.79 Å². The second-order valence-corrected chi connectivity index (χ2v) is 7.13. The number of nitrogens with zero attached hydrogens (tertiary/aromatic N) is 4. The van der Waals surface area contributed by atoms with Gasteiger partial charge < -0.3 is 19.5 Å². The summed E-state index contributed by atoms with van der Waals surface area (Å²) in [6.45, 7) is 3.48. The van der Waals surface area contributed by atoms with E-state index in [1.807, 2.05) is 28.8 Å². The van der Waals surface area contributed by atoms with Crippen LogP contribution in [0.5, 0.6) is 0 Å². The Balaban J connectivity index is 1.51. The van der Waals surface area contributed by atoms with Gasteiger partial charge in [-0.15, -0.1) is 0 Å². The van der Waals surface area contributed by atoms with Crippen LogP contribution >= 0.6 is 0 Å². The first kappa shape index (κ1) is 19.1. The molecular formula is C21H27N5O. The molecule has 0 spiro atoms. The summed E-state index contributed by atoms with van der Waals surface area (Å²) in [7, 11) is 6.30. The van der Waals surface area contributed by atoms with Crippen molar-refractivity contribution in [2.24, 2.45) is 0 Å². The van der Waals surface area contributed by atoms with Gasteiger partial charge in [0.2, 0.25) is 0 Å². The van der Waals surface area contributed by atoms with Crippen molar-refractivity contribution in [2.45, 2.75) is 13.1 Å². The van der Waals surface area contributed by atoms with Gasteiger partial charge in [-0.2, -0.15) is 0 Å². The van der Waals surface area contributed by atoms with Crippen molar-refractivity contribution < 1.29 is 4.79 Å². The number of carbonyl (C=O) groups excluding carboxylic acids is 1. The van der Waals surface area contributed by atoms with Crippen molar-refractivity contribution in [1.29, 1.82) is 0 Å². The van der Waals surface area contributed by atoms with Crippen molar-refractivity contribution in [3.63, 3.8) is 0 Å². The topological polar surface area (TPSA) is 52.9 Å². The highest BCUT2D eigenvalue weighted by atomic mass is 16.1. The molecule has 0 aliphatic heterocycles. The molecule has 2 heterocycles. The minimum Gasteiger partial charge on any atom is -0.347 e. The maximum absolute atomic E-state index is 12.3. The number of hydrogen-bond donors (Lipinski definition) is 1. The summed E-state index contributed by atoms with van der Waals surface area (Å²) in [4.78, 5) is 21.2. The van der Waals surface area contributed by atoms with Crippen molar-refractivity contribution >= 4 is 11.6 Å². The molecule has 0 saturated heterocycles. The maximum Gasteiger partial charge on any atom is 0.271 e. The van der Waals surface area contributed by atoms with Crippen molar-refractivity contribution in [3.8, 4) is 0 Å². The first-order valence-corrected chi connectivity index (χ1v) is 9.14. The van der Waals surface area contributed by atoms with Crippen LogP contribution in [0.1, 0.15) is 21.6 Å². The smallest absolute Gasteiger partial charge is 0.271 e. The van der Waals surface area contributed by atoms with E-state index in [9.17, 15) is 4.79 Å². The Kier molecular flexibility index (Phi) is 6.21. The average molecular weight is 365 g/mol. The Morgan fingerprint density at radius 1 is 1.04 bits per heavy atom. The number of carbonyl (C=O) groups is 1. The first-order chi connectivity index (χ1) is 13.0. The molecule has 2 aromatic heterocycles. The van der Waals surface area contributed by atoms with Gasteiger partial charge in [-0.25, -0.2) is 4.98 Å². The zero-order valence-corrected chi connectivity index (χ0v) is 16.2. The molecule has 0 aliphatic carbocycles. The minimum absolute atomic E-state index is 0.161. The molecule has 1 N–H and O–H groups in total. The van der Waals surface area contributed by atoms with E-state index < -0.39 is 0 Å². The molecule has 0 unspecified atom stereocenters. The van der Waals surface area contributed by atoms with Gasteiger partial charge in [0.05, 0.1) is 0 Å². The van der Waals surface area contributed by atoms with Crippen LogP contribution < -0.4 is 5.32 Å². The van der Waals surface area contributed by atoms with Crippen LogP contribution in [0, 0.1) is 0 Å². The van der Waals surface area contributed by atoms with Gasteiger partial charge in [-0.05, 0) is 44.4 Å². The van der Waals surface area contributed by atoms with Gasteiger partial charge in [0, 0.05) is 38.6 Å². The lowest BCUT2D eigenvalue weighted by Crippen LogP contribution is -2.28. The van der Waals surface area contributed by atoms with E-state index in [2.05, 4.69) is 65.5 Å². The van der Waals surface area contributed by atoms with Crippen LogP contribution in [-0.4, -0.2) is 59.3 Å². The normalized spacial score (nSPS) is 11.4. The van der Waals surface area contributed by atoms with E-state index in [0.29, 0.717) is 12.2 Å². The fraction of sp³-hybridized carbons (Fsp3) is 0.333. The molecule has 0 aliphatic rings. The number of nitrogens with one attached hydrogen (secondary N) is 1. The molecule has 1 aromatic carbocycles. The number of fused-ring (bicyclic) bond motifs is 1. The number of imidazole rings is 1. The Hall–Kier alpha value is -2.70. The molecule has 3 aromatic rings. The average Bonchev–Trinajstić information content (AvgIpc) is 3.10. The summed E-state index contributed by atoms with van der Waals surface area (Å²) in [5, 5.41) is 2.94. The largest absolute Gasteiger partial charge is 0.347 e. The lowest BCUT2D eigenvalue weighted by molar-refractivity contribution is 0.0946. The first-order valence-electron chi connectivity index (χ1n) is 9.14. The number of hydrogen-bond acceptors (Lipinski definition) is 4. The molecule has 0 fully saturated rings. The number of amides is 1. The molecule has 6 heteroatoms. The highest BCUT2D eigenvalue weighted by molar-refractivity contribution is 5.92.